The number of alkyl halides is 2. The van der Waals surface area contributed by atoms with Crippen LogP contribution in [0.4, 0.5) is 8.78 Å². The van der Waals surface area contributed by atoms with Gasteiger partial charge >= 0.3 is 0 Å². The highest BCUT2D eigenvalue weighted by Gasteiger charge is 2.20. The van der Waals surface area contributed by atoms with Crippen molar-refractivity contribution in [3.05, 3.63) is 41.6 Å². The average Bonchev–Trinajstić information content (AvgIpc) is 3.01. The summed E-state index contributed by atoms with van der Waals surface area (Å²) in [5, 5.41) is 8.17. The van der Waals surface area contributed by atoms with Gasteiger partial charge in [0.2, 0.25) is 0 Å². The van der Waals surface area contributed by atoms with E-state index in [2.05, 4.69) is 30.0 Å². The maximum Gasteiger partial charge on any atom is 0.263 e. The summed E-state index contributed by atoms with van der Waals surface area (Å²) in [5.74, 6) is 0.343. The van der Waals surface area contributed by atoms with Crippen molar-refractivity contribution in [1.82, 2.24) is 15.1 Å². The van der Waals surface area contributed by atoms with E-state index < -0.39 is 6.43 Å². The molecule has 1 N–H and O–H groups in total. The van der Waals surface area contributed by atoms with Gasteiger partial charge in [-0.05, 0) is 31.8 Å². The van der Waals surface area contributed by atoms with E-state index in [9.17, 15) is 8.78 Å². The number of nitrogens with one attached hydrogen (secondary N) is 1. The van der Waals surface area contributed by atoms with Crippen LogP contribution in [0.3, 0.4) is 0 Å². The second-order valence-corrected chi connectivity index (χ2v) is 6.47. The third-order valence-corrected chi connectivity index (χ3v) is 4.50. The Morgan fingerprint density at radius 1 is 1.13 bits per heavy atom. The second kappa shape index (κ2) is 6.79. The van der Waals surface area contributed by atoms with Gasteiger partial charge in [0.05, 0.1) is 11.7 Å². The number of aromatic nitrogens is 2. The van der Waals surface area contributed by atoms with E-state index >= 15 is 0 Å². The normalized spacial score (nSPS) is 16.4. The number of rotatable bonds is 4. The molecule has 2 heterocycles. The molecule has 1 fully saturated rings. The summed E-state index contributed by atoms with van der Waals surface area (Å²) >= 11 is 0. The Morgan fingerprint density at radius 2 is 1.78 bits per heavy atom. The zero-order valence-electron chi connectivity index (χ0n) is 13.6. The minimum atomic E-state index is -2.43. The van der Waals surface area contributed by atoms with Crippen LogP contribution in [-0.2, 0) is 0 Å². The van der Waals surface area contributed by atoms with Gasteiger partial charge in [0.25, 0.3) is 6.43 Å². The van der Waals surface area contributed by atoms with E-state index in [4.69, 9.17) is 5.10 Å². The highest BCUT2D eigenvalue weighted by molar-refractivity contribution is 5.63. The molecule has 5 heteroatoms. The molecule has 1 aliphatic rings. The molecule has 2 aromatic rings. The molecule has 1 aromatic carbocycles. The predicted molar refractivity (Wildman–Crippen MR) is 87.8 cm³/mol. The standard InChI is InChI=1S/C18H23F2N3/c1-12(2)16-11-23(15-7-9-21-10-8-15)22-17(16)13-3-5-14(6-4-13)18(19)20/h3-6,11-12,15,18,21H,7-10H2,1-2H3. The Bertz CT molecular complexity index is 641. The minimum Gasteiger partial charge on any atom is -0.317 e. The van der Waals surface area contributed by atoms with Gasteiger partial charge in [-0.2, -0.15) is 5.10 Å². The predicted octanol–water partition coefficient (Wildman–Crippen LogP) is 4.54. The molecule has 0 atom stereocenters. The lowest BCUT2D eigenvalue weighted by atomic mass is 9.99. The first-order chi connectivity index (χ1) is 11.1. The van der Waals surface area contributed by atoms with Gasteiger partial charge in [0.1, 0.15) is 0 Å². The fraction of sp³-hybridized carbons (Fsp3) is 0.500. The number of hydrogen-bond acceptors (Lipinski definition) is 2. The van der Waals surface area contributed by atoms with Crippen molar-refractivity contribution >= 4 is 0 Å². The number of nitrogens with zero attached hydrogens (tertiary/aromatic N) is 2. The Labute approximate surface area is 135 Å². The molecule has 0 aliphatic carbocycles. The molecular formula is C18H23F2N3. The highest BCUT2D eigenvalue weighted by Crippen LogP contribution is 2.31. The first-order valence-corrected chi connectivity index (χ1v) is 8.24. The summed E-state index contributed by atoms with van der Waals surface area (Å²) in [7, 11) is 0. The van der Waals surface area contributed by atoms with Crippen LogP contribution in [-0.4, -0.2) is 22.9 Å². The van der Waals surface area contributed by atoms with Crippen LogP contribution in [0.5, 0.6) is 0 Å². The van der Waals surface area contributed by atoms with Crippen LogP contribution < -0.4 is 5.32 Å². The zero-order valence-corrected chi connectivity index (χ0v) is 13.6. The van der Waals surface area contributed by atoms with E-state index in [1.165, 1.54) is 17.7 Å². The van der Waals surface area contributed by atoms with Crippen molar-refractivity contribution in [1.29, 1.82) is 0 Å². The molecule has 3 nitrogen and oxygen atoms in total. The number of halogens is 2. The highest BCUT2D eigenvalue weighted by atomic mass is 19.3. The lowest BCUT2D eigenvalue weighted by Gasteiger charge is -2.22. The van der Waals surface area contributed by atoms with Crippen LogP contribution >= 0.6 is 0 Å². The second-order valence-electron chi connectivity index (χ2n) is 6.47. The monoisotopic (exact) mass is 319 g/mol. The van der Waals surface area contributed by atoms with Crippen molar-refractivity contribution in [2.45, 2.75) is 45.1 Å². The third kappa shape index (κ3) is 3.44. The molecule has 0 bridgehead atoms. The first kappa shape index (κ1) is 16.1. The Balaban J connectivity index is 1.94. The quantitative estimate of drug-likeness (QED) is 0.897. The molecule has 0 amide bonds. The summed E-state index contributed by atoms with van der Waals surface area (Å²) in [6.07, 6.45) is 1.85. The molecule has 0 unspecified atom stereocenters. The smallest absolute Gasteiger partial charge is 0.263 e. The van der Waals surface area contributed by atoms with E-state index in [1.54, 1.807) is 12.1 Å². The van der Waals surface area contributed by atoms with Crippen LogP contribution in [0.1, 0.15) is 56.2 Å². The summed E-state index contributed by atoms with van der Waals surface area (Å²) in [6, 6.07) is 6.91. The maximum atomic E-state index is 12.7. The lowest BCUT2D eigenvalue weighted by molar-refractivity contribution is 0.151. The van der Waals surface area contributed by atoms with E-state index in [1.807, 2.05) is 0 Å². The lowest BCUT2D eigenvalue weighted by Crippen LogP contribution is -2.29. The summed E-state index contributed by atoms with van der Waals surface area (Å²) < 4.78 is 27.5. The average molecular weight is 319 g/mol. The number of hydrogen-bond donors (Lipinski definition) is 1. The van der Waals surface area contributed by atoms with E-state index in [0.29, 0.717) is 12.0 Å². The number of benzene rings is 1. The molecule has 23 heavy (non-hydrogen) atoms. The van der Waals surface area contributed by atoms with Crippen molar-refractivity contribution in [2.24, 2.45) is 0 Å². The molecule has 3 rings (SSSR count). The molecule has 0 spiro atoms. The Morgan fingerprint density at radius 3 is 2.35 bits per heavy atom. The zero-order chi connectivity index (χ0) is 16.4. The van der Waals surface area contributed by atoms with E-state index in [0.717, 1.165) is 37.2 Å². The largest absolute Gasteiger partial charge is 0.317 e. The van der Waals surface area contributed by atoms with Gasteiger partial charge in [0.15, 0.2) is 0 Å². The fourth-order valence-electron chi connectivity index (χ4n) is 3.10. The number of piperidine rings is 1. The molecular weight excluding hydrogens is 296 g/mol. The summed E-state index contributed by atoms with van der Waals surface area (Å²) in [4.78, 5) is 0. The van der Waals surface area contributed by atoms with Gasteiger partial charge in [-0.3, -0.25) is 4.68 Å². The van der Waals surface area contributed by atoms with Gasteiger partial charge in [-0.25, -0.2) is 8.78 Å². The molecule has 1 aromatic heterocycles. The Hall–Kier alpha value is -1.75. The molecule has 0 radical (unpaired) electrons. The molecule has 124 valence electrons. The van der Waals surface area contributed by atoms with Crippen molar-refractivity contribution in [3.8, 4) is 11.3 Å². The first-order valence-electron chi connectivity index (χ1n) is 8.24. The van der Waals surface area contributed by atoms with Crippen molar-refractivity contribution in [3.63, 3.8) is 0 Å². The van der Waals surface area contributed by atoms with Crippen LogP contribution in [0.25, 0.3) is 11.3 Å². The van der Waals surface area contributed by atoms with Crippen LogP contribution in [0.15, 0.2) is 30.5 Å². The topological polar surface area (TPSA) is 29.9 Å². The third-order valence-electron chi connectivity index (χ3n) is 4.50. The van der Waals surface area contributed by atoms with Gasteiger partial charge in [-0.1, -0.05) is 38.1 Å². The van der Waals surface area contributed by atoms with Crippen LogP contribution in [0.2, 0.25) is 0 Å². The summed E-state index contributed by atoms with van der Waals surface area (Å²) in [5.41, 5.74) is 3.05. The molecule has 1 aliphatic heterocycles. The SMILES string of the molecule is CC(C)c1cn(C2CCNCC2)nc1-c1ccc(C(F)F)cc1. The van der Waals surface area contributed by atoms with E-state index in [-0.39, 0.29) is 5.56 Å². The van der Waals surface area contributed by atoms with Gasteiger partial charge < -0.3 is 5.32 Å². The van der Waals surface area contributed by atoms with Gasteiger partial charge in [0, 0.05) is 22.9 Å². The fourth-order valence-corrected chi connectivity index (χ4v) is 3.10. The summed E-state index contributed by atoms with van der Waals surface area (Å²) in [6.45, 7) is 6.31. The molecule has 1 saturated heterocycles. The van der Waals surface area contributed by atoms with Crippen molar-refractivity contribution in [2.75, 3.05) is 13.1 Å². The maximum absolute atomic E-state index is 12.7. The molecule has 0 saturated carbocycles. The minimum absolute atomic E-state index is 0.0534. The van der Waals surface area contributed by atoms with Gasteiger partial charge in [-0.15, -0.1) is 0 Å². The van der Waals surface area contributed by atoms with Crippen molar-refractivity contribution < 1.29 is 8.78 Å². The van der Waals surface area contributed by atoms with Crippen LogP contribution in [0, 0.1) is 0 Å². The Kier molecular flexibility index (Phi) is 4.76.